The van der Waals surface area contributed by atoms with Gasteiger partial charge >= 0.3 is 0 Å². The van der Waals surface area contributed by atoms with Gasteiger partial charge in [-0.2, -0.15) is 0 Å². The first kappa shape index (κ1) is 14.3. The zero-order chi connectivity index (χ0) is 13.8. The number of nitrogens with one attached hydrogen (secondary N) is 1. The number of halogens is 1. The SMILES string of the molecule is CNC(=O)C1CCN(c2cc(Br)ccc2CO)CC1. The number of aliphatic hydroxyl groups excluding tert-OH is 1. The fourth-order valence-electron chi connectivity index (χ4n) is 2.55. The number of piperidine rings is 1. The highest BCUT2D eigenvalue weighted by Crippen LogP contribution is 2.29. The smallest absolute Gasteiger partial charge is 0.222 e. The zero-order valence-corrected chi connectivity index (χ0v) is 12.6. The fourth-order valence-corrected chi connectivity index (χ4v) is 2.90. The van der Waals surface area contributed by atoms with Crippen LogP contribution in [0, 0.1) is 5.92 Å². The van der Waals surface area contributed by atoms with Crippen LogP contribution in [0.2, 0.25) is 0 Å². The van der Waals surface area contributed by atoms with Gasteiger partial charge in [-0.15, -0.1) is 0 Å². The third kappa shape index (κ3) is 3.28. The maximum absolute atomic E-state index is 11.6. The van der Waals surface area contributed by atoms with Crippen molar-refractivity contribution in [1.29, 1.82) is 0 Å². The van der Waals surface area contributed by atoms with E-state index in [1.54, 1.807) is 7.05 Å². The first-order valence-corrected chi connectivity index (χ1v) is 7.31. The lowest BCUT2D eigenvalue weighted by molar-refractivity contribution is -0.125. The number of hydrogen-bond donors (Lipinski definition) is 2. The Hall–Kier alpha value is -1.07. The number of nitrogens with zero attached hydrogens (tertiary/aromatic N) is 1. The van der Waals surface area contributed by atoms with Gasteiger partial charge in [-0.1, -0.05) is 22.0 Å². The van der Waals surface area contributed by atoms with Crippen LogP contribution < -0.4 is 10.2 Å². The number of amides is 1. The lowest BCUT2D eigenvalue weighted by atomic mass is 9.95. The molecule has 1 aromatic carbocycles. The van der Waals surface area contributed by atoms with Crippen LogP contribution >= 0.6 is 15.9 Å². The Bertz CT molecular complexity index is 457. The van der Waals surface area contributed by atoms with Gasteiger partial charge in [0.25, 0.3) is 0 Å². The molecule has 0 aromatic heterocycles. The predicted molar refractivity (Wildman–Crippen MR) is 79.1 cm³/mol. The molecular formula is C14H19BrN2O2. The van der Waals surface area contributed by atoms with E-state index in [1.807, 2.05) is 18.2 Å². The second kappa shape index (κ2) is 6.39. The molecule has 5 heteroatoms. The number of hydrogen-bond acceptors (Lipinski definition) is 3. The molecule has 0 spiro atoms. The first-order valence-electron chi connectivity index (χ1n) is 6.51. The van der Waals surface area contributed by atoms with E-state index < -0.39 is 0 Å². The second-order valence-corrected chi connectivity index (χ2v) is 5.72. The van der Waals surface area contributed by atoms with Gasteiger partial charge in [-0.3, -0.25) is 4.79 Å². The van der Waals surface area contributed by atoms with E-state index >= 15 is 0 Å². The van der Waals surface area contributed by atoms with Crippen molar-refractivity contribution in [3.63, 3.8) is 0 Å². The molecule has 2 N–H and O–H groups in total. The van der Waals surface area contributed by atoms with Gasteiger partial charge in [0.15, 0.2) is 0 Å². The topological polar surface area (TPSA) is 52.6 Å². The zero-order valence-electron chi connectivity index (χ0n) is 11.0. The van der Waals surface area contributed by atoms with Crippen molar-refractivity contribution in [1.82, 2.24) is 5.32 Å². The molecule has 1 aliphatic rings. The largest absolute Gasteiger partial charge is 0.392 e. The maximum Gasteiger partial charge on any atom is 0.222 e. The number of benzene rings is 1. The van der Waals surface area contributed by atoms with Gasteiger partial charge in [-0.05, 0) is 25.0 Å². The minimum absolute atomic E-state index is 0.0397. The fraction of sp³-hybridized carbons (Fsp3) is 0.500. The summed E-state index contributed by atoms with van der Waals surface area (Å²) in [6.45, 7) is 1.74. The van der Waals surface area contributed by atoms with Crippen LogP contribution in [0.25, 0.3) is 0 Å². The predicted octanol–water partition coefficient (Wildman–Crippen LogP) is 1.90. The van der Waals surface area contributed by atoms with Crippen LogP contribution in [0.5, 0.6) is 0 Å². The van der Waals surface area contributed by atoms with E-state index in [9.17, 15) is 9.90 Å². The number of rotatable bonds is 3. The number of aliphatic hydroxyl groups is 1. The maximum atomic E-state index is 11.6. The quantitative estimate of drug-likeness (QED) is 0.892. The Labute approximate surface area is 121 Å². The van der Waals surface area contributed by atoms with Crippen LogP contribution in [0.1, 0.15) is 18.4 Å². The van der Waals surface area contributed by atoms with Crippen molar-refractivity contribution in [2.75, 3.05) is 25.0 Å². The van der Waals surface area contributed by atoms with Crippen LogP contribution in [-0.2, 0) is 11.4 Å². The minimum Gasteiger partial charge on any atom is -0.392 e. The van der Waals surface area contributed by atoms with Crippen molar-refractivity contribution < 1.29 is 9.90 Å². The molecule has 0 saturated carbocycles. The summed E-state index contributed by atoms with van der Waals surface area (Å²) in [5, 5.41) is 12.1. The summed E-state index contributed by atoms with van der Waals surface area (Å²) in [5.74, 6) is 0.252. The standard InChI is InChI=1S/C14H19BrN2O2/c1-16-14(19)10-4-6-17(7-5-10)13-8-12(15)3-2-11(13)9-18/h2-3,8,10,18H,4-7,9H2,1H3,(H,16,19). The molecule has 2 rings (SSSR count). The summed E-state index contributed by atoms with van der Waals surface area (Å²) in [5.41, 5.74) is 1.99. The number of anilines is 1. The average molecular weight is 327 g/mol. The lowest BCUT2D eigenvalue weighted by Crippen LogP contribution is -2.39. The summed E-state index contributed by atoms with van der Waals surface area (Å²) >= 11 is 3.47. The van der Waals surface area contributed by atoms with Crippen molar-refractivity contribution >= 4 is 27.5 Å². The van der Waals surface area contributed by atoms with Gasteiger partial charge < -0.3 is 15.3 Å². The van der Waals surface area contributed by atoms with Crippen molar-refractivity contribution in [2.45, 2.75) is 19.4 Å². The third-order valence-electron chi connectivity index (χ3n) is 3.67. The van der Waals surface area contributed by atoms with E-state index in [4.69, 9.17) is 0 Å². The van der Waals surface area contributed by atoms with Crippen molar-refractivity contribution in [3.05, 3.63) is 28.2 Å². The summed E-state index contributed by atoms with van der Waals surface area (Å²) in [6, 6.07) is 5.91. The summed E-state index contributed by atoms with van der Waals surface area (Å²) in [7, 11) is 1.69. The summed E-state index contributed by atoms with van der Waals surface area (Å²) in [6.07, 6.45) is 1.72. The molecule has 1 aliphatic heterocycles. The molecule has 1 aromatic rings. The Morgan fingerprint density at radius 2 is 2.16 bits per heavy atom. The molecule has 0 aliphatic carbocycles. The van der Waals surface area contributed by atoms with Crippen LogP contribution in [0.15, 0.2) is 22.7 Å². The molecule has 0 atom stereocenters. The van der Waals surface area contributed by atoms with E-state index in [0.29, 0.717) is 0 Å². The first-order chi connectivity index (χ1) is 9.15. The summed E-state index contributed by atoms with van der Waals surface area (Å²) in [4.78, 5) is 13.9. The number of carbonyl (C=O) groups is 1. The molecule has 0 radical (unpaired) electrons. The van der Waals surface area contributed by atoms with Crippen LogP contribution in [0.4, 0.5) is 5.69 Å². The highest BCUT2D eigenvalue weighted by atomic mass is 79.9. The van der Waals surface area contributed by atoms with Gasteiger partial charge in [0.1, 0.15) is 0 Å². The Balaban J connectivity index is 2.09. The molecule has 0 bridgehead atoms. The van der Waals surface area contributed by atoms with Crippen molar-refractivity contribution in [2.24, 2.45) is 5.92 Å². The van der Waals surface area contributed by atoms with E-state index in [0.717, 1.165) is 41.7 Å². The Kier molecular flexibility index (Phi) is 4.82. The van der Waals surface area contributed by atoms with Crippen molar-refractivity contribution in [3.8, 4) is 0 Å². The molecule has 4 nitrogen and oxygen atoms in total. The van der Waals surface area contributed by atoms with Gasteiger partial charge in [0.2, 0.25) is 5.91 Å². The second-order valence-electron chi connectivity index (χ2n) is 4.81. The van der Waals surface area contributed by atoms with E-state index in [1.165, 1.54) is 0 Å². The molecule has 104 valence electrons. The highest BCUT2D eigenvalue weighted by molar-refractivity contribution is 9.10. The van der Waals surface area contributed by atoms with E-state index in [2.05, 4.69) is 26.1 Å². The number of carbonyl (C=O) groups excluding carboxylic acids is 1. The van der Waals surface area contributed by atoms with Crippen LogP contribution in [-0.4, -0.2) is 31.2 Å². The molecular weight excluding hydrogens is 308 g/mol. The highest BCUT2D eigenvalue weighted by Gasteiger charge is 2.25. The monoisotopic (exact) mass is 326 g/mol. The lowest BCUT2D eigenvalue weighted by Gasteiger charge is -2.34. The minimum atomic E-state index is 0.0397. The third-order valence-corrected chi connectivity index (χ3v) is 4.16. The molecule has 19 heavy (non-hydrogen) atoms. The average Bonchev–Trinajstić information content (AvgIpc) is 2.46. The van der Waals surface area contributed by atoms with Crippen LogP contribution in [0.3, 0.4) is 0 Å². The van der Waals surface area contributed by atoms with Gasteiger partial charge in [-0.25, -0.2) is 0 Å². The molecule has 0 unspecified atom stereocenters. The Morgan fingerprint density at radius 1 is 1.47 bits per heavy atom. The molecule has 1 saturated heterocycles. The van der Waals surface area contributed by atoms with Gasteiger partial charge in [0, 0.05) is 41.8 Å². The molecule has 1 heterocycles. The normalized spacial score (nSPS) is 16.5. The molecule has 1 fully saturated rings. The summed E-state index contributed by atoms with van der Waals surface area (Å²) < 4.78 is 1.01. The van der Waals surface area contributed by atoms with Gasteiger partial charge in [0.05, 0.1) is 6.61 Å². The van der Waals surface area contributed by atoms with E-state index in [-0.39, 0.29) is 18.4 Å². The Morgan fingerprint density at radius 3 is 2.74 bits per heavy atom. The molecule has 1 amide bonds.